The standard InChI is InChI=1S/C18H29N5O4/c1-18(2,3)27-17(25)23-8-5-12(6-9-23)14-19-16(22(4)21-14)20-15(24)13-7-10-26-11-13/h12-13H,5-11H2,1-4H3,(H,19,20,21,24). The second kappa shape index (κ2) is 7.84. The van der Waals surface area contributed by atoms with Crippen LogP contribution in [-0.2, 0) is 21.3 Å². The maximum Gasteiger partial charge on any atom is 0.410 e. The van der Waals surface area contributed by atoms with Crippen molar-refractivity contribution in [3.05, 3.63) is 5.82 Å². The number of aryl methyl sites for hydroxylation is 1. The van der Waals surface area contributed by atoms with Crippen LogP contribution in [0, 0.1) is 5.92 Å². The highest BCUT2D eigenvalue weighted by Crippen LogP contribution is 2.27. The zero-order valence-electron chi connectivity index (χ0n) is 16.5. The molecule has 0 aromatic carbocycles. The highest BCUT2D eigenvalue weighted by Gasteiger charge is 2.30. The monoisotopic (exact) mass is 379 g/mol. The molecule has 9 heteroatoms. The number of piperidine rings is 1. The summed E-state index contributed by atoms with van der Waals surface area (Å²) in [6, 6.07) is 0. The third-order valence-corrected chi connectivity index (χ3v) is 4.83. The number of ether oxygens (including phenoxy) is 2. The zero-order chi connectivity index (χ0) is 19.6. The van der Waals surface area contributed by atoms with Gasteiger partial charge in [0.05, 0.1) is 12.5 Å². The van der Waals surface area contributed by atoms with Gasteiger partial charge in [-0.05, 0) is 40.0 Å². The number of rotatable bonds is 3. The molecule has 1 unspecified atom stereocenters. The van der Waals surface area contributed by atoms with Crippen molar-refractivity contribution in [3.63, 3.8) is 0 Å². The molecule has 2 fully saturated rings. The van der Waals surface area contributed by atoms with E-state index in [1.807, 2.05) is 20.8 Å². The predicted molar refractivity (Wildman–Crippen MR) is 98.3 cm³/mol. The Bertz CT molecular complexity index is 682. The van der Waals surface area contributed by atoms with Crippen molar-refractivity contribution in [2.24, 2.45) is 13.0 Å². The normalized spacial score (nSPS) is 21.3. The molecule has 0 spiro atoms. The second-order valence-electron chi connectivity index (χ2n) is 8.21. The zero-order valence-corrected chi connectivity index (χ0v) is 16.5. The summed E-state index contributed by atoms with van der Waals surface area (Å²) in [7, 11) is 1.77. The summed E-state index contributed by atoms with van der Waals surface area (Å²) in [5.41, 5.74) is -0.492. The number of carbonyl (C=O) groups is 2. The van der Waals surface area contributed by atoms with Gasteiger partial charge in [0.2, 0.25) is 11.9 Å². The van der Waals surface area contributed by atoms with Crippen LogP contribution in [0.2, 0.25) is 0 Å². The van der Waals surface area contributed by atoms with E-state index in [9.17, 15) is 9.59 Å². The molecule has 9 nitrogen and oxygen atoms in total. The number of likely N-dealkylation sites (tertiary alicyclic amines) is 1. The van der Waals surface area contributed by atoms with Gasteiger partial charge in [0.15, 0.2) is 5.82 Å². The van der Waals surface area contributed by atoms with E-state index in [1.165, 1.54) is 0 Å². The SMILES string of the molecule is Cn1nc(C2CCN(C(=O)OC(C)(C)C)CC2)nc1NC(=O)C1CCOC1. The number of hydrogen-bond acceptors (Lipinski definition) is 6. The van der Waals surface area contributed by atoms with E-state index in [2.05, 4.69) is 15.4 Å². The molecule has 150 valence electrons. The molecule has 27 heavy (non-hydrogen) atoms. The van der Waals surface area contributed by atoms with E-state index in [0.29, 0.717) is 38.1 Å². The third kappa shape index (κ3) is 4.97. The maximum absolute atomic E-state index is 12.3. The fourth-order valence-electron chi connectivity index (χ4n) is 3.29. The van der Waals surface area contributed by atoms with Crippen molar-refractivity contribution < 1.29 is 19.1 Å². The van der Waals surface area contributed by atoms with Gasteiger partial charge in [0.25, 0.3) is 0 Å². The Labute approximate surface area is 159 Å². The Hall–Kier alpha value is -2.16. The number of aromatic nitrogens is 3. The lowest BCUT2D eigenvalue weighted by atomic mass is 9.96. The van der Waals surface area contributed by atoms with Crippen LogP contribution in [0.3, 0.4) is 0 Å². The molecule has 2 aliphatic rings. The van der Waals surface area contributed by atoms with Gasteiger partial charge in [-0.2, -0.15) is 10.1 Å². The average Bonchev–Trinajstić information content (AvgIpc) is 3.24. The second-order valence-corrected chi connectivity index (χ2v) is 8.21. The Morgan fingerprint density at radius 1 is 1.22 bits per heavy atom. The molecule has 1 aromatic heterocycles. The summed E-state index contributed by atoms with van der Waals surface area (Å²) >= 11 is 0. The van der Waals surface area contributed by atoms with Crippen molar-refractivity contribution in [2.45, 2.75) is 51.6 Å². The minimum absolute atomic E-state index is 0.0747. The van der Waals surface area contributed by atoms with Crippen molar-refractivity contribution in [1.29, 1.82) is 0 Å². The first-order valence-corrected chi connectivity index (χ1v) is 9.50. The fraction of sp³-hybridized carbons (Fsp3) is 0.778. The van der Waals surface area contributed by atoms with E-state index in [4.69, 9.17) is 9.47 Å². The highest BCUT2D eigenvalue weighted by molar-refractivity contribution is 5.91. The fourth-order valence-corrected chi connectivity index (χ4v) is 3.29. The molecule has 1 N–H and O–H groups in total. The van der Waals surface area contributed by atoms with E-state index in [0.717, 1.165) is 19.3 Å². The molecule has 0 bridgehead atoms. The minimum atomic E-state index is -0.492. The predicted octanol–water partition coefficient (Wildman–Crippen LogP) is 1.90. The maximum atomic E-state index is 12.3. The molecule has 0 radical (unpaired) electrons. The molecule has 3 heterocycles. The Morgan fingerprint density at radius 2 is 1.93 bits per heavy atom. The van der Waals surface area contributed by atoms with Crippen LogP contribution in [0.25, 0.3) is 0 Å². The molecule has 0 aliphatic carbocycles. The molecule has 1 atom stereocenters. The van der Waals surface area contributed by atoms with Crippen LogP contribution in [0.15, 0.2) is 0 Å². The van der Waals surface area contributed by atoms with E-state index in [-0.39, 0.29) is 23.8 Å². The van der Waals surface area contributed by atoms with Gasteiger partial charge in [-0.15, -0.1) is 0 Å². The quantitative estimate of drug-likeness (QED) is 0.861. The van der Waals surface area contributed by atoms with Crippen LogP contribution in [0.4, 0.5) is 10.7 Å². The first kappa shape index (κ1) is 19.6. The van der Waals surface area contributed by atoms with Gasteiger partial charge in [0.1, 0.15) is 5.60 Å². The largest absolute Gasteiger partial charge is 0.444 e. The van der Waals surface area contributed by atoms with Gasteiger partial charge in [-0.3, -0.25) is 10.1 Å². The van der Waals surface area contributed by atoms with Crippen LogP contribution >= 0.6 is 0 Å². The molecule has 2 aliphatic heterocycles. The van der Waals surface area contributed by atoms with Crippen molar-refractivity contribution in [3.8, 4) is 0 Å². The molecule has 1 aromatic rings. The number of hydrogen-bond donors (Lipinski definition) is 1. The number of nitrogens with zero attached hydrogens (tertiary/aromatic N) is 4. The van der Waals surface area contributed by atoms with Gasteiger partial charge in [-0.25, -0.2) is 9.48 Å². The van der Waals surface area contributed by atoms with Crippen LogP contribution < -0.4 is 5.32 Å². The summed E-state index contributed by atoms with van der Waals surface area (Å²) in [6.07, 6.45) is 2.00. The molecular weight excluding hydrogens is 350 g/mol. The van der Waals surface area contributed by atoms with Crippen LogP contribution in [0.5, 0.6) is 0 Å². The lowest BCUT2D eigenvalue weighted by Gasteiger charge is -2.32. The summed E-state index contributed by atoms with van der Waals surface area (Å²) in [4.78, 5) is 30.7. The van der Waals surface area contributed by atoms with Crippen LogP contribution in [-0.4, -0.2) is 63.6 Å². The van der Waals surface area contributed by atoms with Gasteiger partial charge in [-0.1, -0.05) is 0 Å². The Kier molecular flexibility index (Phi) is 5.69. The number of nitrogens with one attached hydrogen (secondary N) is 1. The molecule has 2 saturated heterocycles. The smallest absolute Gasteiger partial charge is 0.410 e. The molecule has 3 rings (SSSR count). The van der Waals surface area contributed by atoms with Crippen molar-refractivity contribution in [1.82, 2.24) is 19.7 Å². The number of amides is 2. The van der Waals surface area contributed by atoms with E-state index >= 15 is 0 Å². The first-order chi connectivity index (χ1) is 12.7. The lowest BCUT2D eigenvalue weighted by Crippen LogP contribution is -2.41. The highest BCUT2D eigenvalue weighted by atomic mass is 16.6. The summed E-state index contributed by atoms with van der Waals surface area (Å²) in [5.74, 6) is 1.13. The van der Waals surface area contributed by atoms with Crippen LogP contribution in [0.1, 0.15) is 51.8 Å². The average molecular weight is 379 g/mol. The van der Waals surface area contributed by atoms with Crippen molar-refractivity contribution >= 4 is 17.9 Å². The number of carbonyl (C=O) groups excluding carboxylic acids is 2. The van der Waals surface area contributed by atoms with Gasteiger partial charge >= 0.3 is 6.09 Å². The molecule has 2 amide bonds. The molecular formula is C18H29N5O4. The van der Waals surface area contributed by atoms with E-state index < -0.39 is 5.60 Å². The lowest BCUT2D eigenvalue weighted by molar-refractivity contribution is -0.119. The van der Waals surface area contributed by atoms with Crippen molar-refractivity contribution in [2.75, 3.05) is 31.6 Å². The Balaban J connectivity index is 1.55. The molecule has 0 saturated carbocycles. The number of anilines is 1. The summed E-state index contributed by atoms with van der Waals surface area (Å²) in [6.45, 7) is 7.89. The minimum Gasteiger partial charge on any atom is -0.444 e. The first-order valence-electron chi connectivity index (χ1n) is 9.50. The van der Waals surface area contributed by atoms with Gasteiger partial charge in [0, 0.05) is 32.7 Å². The summed E-state index contributed by atoms with van der Waals surface area (Å²) < 4.78 is 12.3. The third-order valence-electron chi connectivity index (χ3n) is 4.83. The van der Waals surface area contributed by atoms with E-state index in [1.54, 1.807) is 16.6 Å². The topological polar surface area (TPSA) is 98.6 Å². The Morgan fingerprint density at radius 3 is 2.52 bits per heavy atom. The summed E-state index contributed by atoms with van der Waals surface area (Å²) in [5, 5.41) is 7.32. The van der Waals surface area contributed by atoms with Gasteiger partial charge < -0.3 is 14.4 Å².